The van der Waals surface area contributed by atoms with E-state index in [1.165, 1.54) is 36.0 Å². The molecule has 1 aliphatic carbocycles. The highest BCUT2D eigenvalue weighted by Gasteiger charge is 2.20. The zero-order chi connectivity index (χ0) is 19.6. The molecule has 1 N–H and O–H groups in total. The minimum absolute atomic E-state index is 0.0798. The van der Waals surface area contributed by atoms with E-state index in [2.05, 4.69) is 15.3 Å². The Morgan fingerprint density at radius 1 is 1.03 bits per heavy atom. The molecule has 0 aliphatic heterocycles. The van der Waals surface area contributed by atoms with Gasteiger partial charge in [0.25, 0.3) is 5.91 Å². The van der Waals surface area contributed by atoms with Crippen molar-refractivity contribution in [2.24, 2.45) is 0 Å². The van der Waals surface area contributed by atoms with E-state index in [4.69, 9.17) is 4.74 Å². The SMILES string of the molecule is O=C(COc1ncnc2sc3c(c12)CCCCC3)Nc1ccc2ccccc2c1. The van der Waals surface area contributed by atoms with Crippen molar-refractivity contribution in [3.8, 4) is 5.88 Å². The molecule has 0 saturated heterocycles. The number of nitrogens with one attached hydrogen (secondary N) is 1. The fraction of sp³-hybridized carbons (Fsp3) is 0.261. The van der Waals surface area contributed by atoms with Crippen LogP contribution in [0.4, 0.5) is 5.69 Å². The number of carbonyl (C=O) groups is 1. The number of aromatic nitrogens is 2. The maximum Gasteiger partial charge on any atom is 0.262 e. The highest BCUT2D eigenvalue weighted by Crippen LogP contribution is 2.38. The van der Waals surface area contributed by atoms with Crippen LogP contribution in [0.15, 0.2) is 48.8 Å². The number of thiophene rings is 1. The molecule has 146 valence electrons. The van der Waals surface area contributed by atoms with Crippen LogP contribution >= 0.6 is 11.3 Å². The number of fused-ring (bicyclic) bond motifs is 4. The molecule has 0 atom stereocenters. The summed E-state index contributed by atoms with van der Waals surface area (Å²) in [5.74, 6) is 0.316. The van der Waals surface area contributed by atoms with Crippen molar-refractivity contribution in [3.63, 3.8) is 0 Å². The molecule has 0 saturated carbocycles. The molecule has 2 heterocycles. The normalized spacial score (nSPS) is 13.8. The van der Waals surface area contributed by atoms with Gasteiger partial charge >= 0.3 is 0 Å². The molecule has 5 nitrogen and oxygen atoms in total. The zero-order valence-corrected chi connectivity index (χ0v) is 16.8. The van der Waals surface area contributed by atoms with Crippen LogP contribution < -0.4 is 10.1 Å². The number of anilines is 1. The third kappa shape index (κ3) is 3.68. The van der Waals surface area contributed by atoms with Gasteiger partial charge in [0.2, 0.25) is 5.88 Å². The van der Waals surface area contributed by atoms with E-state index >= 15 is 0 Å². The van der Waals surface area contributed by atoms with E-state index in [-0.39, 0.29) is 12.5 Å². The van der Waals surface area contributed by atoms with E-state index in [1.54, 1.807) is 11.3 Å². The van der Waals surface area contributed by atoms with E-state index in [9.17, 15) is 4.79 Å². The average molecular weight is 404 g/mol. The van der Waals surface area contributed by atoms with Crippen molar-refractivity contribution >= 4 is 43.9 Å². The van der Waals surface area contributed by atoms with Crippen molar-refractivity contribution in [2.75, 3.05) is 11.9 Å². The van der Waals surface area contributed by atoms with Crippen molar-refractivity contribution in [3.05, 3.63) is 59.2 Å². The monoisotopic (exact) mass is 403 g/mol. The first-order valence-corrected chi connectivity index (χ1v) is 10.8. The lowest BCUT2D eigenvalue weighted by molar-refractivity contribution is -0.118. The molecule has 1 aliphatic rings. The average Bonchev–Trinajstić information content (AvgIpc) is 2.94. The summed E-state index contributed by atoms with van der Waals surface area (Å²) in [5.41, 5.74) is 2.07. The zero-order valence-electron chi connectivity index (χ0n) is 16.0. The van der Waals surface area contributed by atoms with Crippen LogP contribution in [-0.2, 0) is 17.6 Å². The van der Waals surface area contributed by atoms with E-state index in [0.29, 0.717) is 5.88 Å². The Labute approximate surface area is 172 Å². The number of nitrogens with zero attached hydrogens (tertiary/aromatic N) is 2. The third-order valence-electron chi connectivity index (χ3n) is 5.34. The van der Waals surface area contributed by atoms with Gasteiger partial charge in [-0.1, -0.05) is 36.8 Å². The molecule has 1 amide bonds. The van der Waals surface area contributed by atoms with Gasteiger partial charge in [0, 0.05) is 10.6 Å². The van der Waals surface area contributed by atoms with Crippen LogP contribution in [0.2, 0.25) is 0 Å². The molecular formula is C23H21N3O2S. The Bertz CT molecular complexity index is 1200. The molecule has 0 radical (unpaired) electrons. The molecule has 0 spiro atoms. The van der Waals surface area contributed by atoms with Gasteiger partial charge in [0.1, 0.15) is 11.2 Å². The van der Waals surface area contributed by atoms with Gasteiger partial charge in [-0.2, -0.15) is 0 Å². The van der Waals surface area contributed by atoms with Gasteiger partial charge in [-0.25, -0.2) is 9.97 Å². The molecule has 6 heteroatoms. The van der Waals surface area contributed by atoms with Gasteiger partial charge in [0.15, 0.2) is 6.61 Å². The number of hydrogen-bond donors (Lipinski definition) is 1. The lowest BCUT2D eigenvalue weighted by Crippen LogP contribution is -2.20. The smallest absolute Gasteiger partial charge is 0.262 e. The summed E-state index contributed by atoms with van der Waals surface area (Å²) in [6, 6.07) is 13.9. The van der Waals surface area contributed by atoms with Crippen molar-refractivity contribution in [1.29, 1.82) is 0 Å². The fourth-order valence-corrected chi connectivity index (χ4v) is 5.17. The minimum Gasteiger partial charge on any atom is -0.467 e. The van der Waals surface area contributed by atoms with Crippen molar-refractivity contribution in [1.82, 2.24) is 9.97 Å². The Hall–Kier alpha value is -2.99. The molecule has 4 aromatic rings. The van der Waals surface area contributed by atoms with Gasteiger partial charge < -0.3 is 10.1 Å². The molecule has 29 heavy (non-hydrogen) atoms. The molecule has 2 aromatic heterocycles. The second-order valence-electron chi connectivity index (χ2n) is 7.32. The predicted molar refractivity (Wildman–Crippen MR) is 117 cm³/mol. The summed E-state index contributed by atoms with van der Waals surface area (Å²) in [6.07, 6.45) is 7.30. The Kier molecular flexibility index (Phi) is 4.86. The fourth-order valence-electron chi connectivity index (χ4n) is 3.95. The Balaban J connectivity index is 1.33. The van der Waals surface area contributed by atoms with Gasteiger partial charge in [0.05, 0.1) is 5.39 Å². The van der Waals surface area contributed by atoms with Crippen LogP contribution in [0.1, 0.15) is 29.7 Å². The predicted octanol–water partition coefficient (Wildman–Crippen LogP) is 5.13. The quantitative estimate of drug-likeness (QED) is 0.480. The summed E-state index contributed by atoms with van der Waals surface area (Å²) in [5, 5.41) is 6.14. The number of rotatable bonds is 4. The lowest BCUT2D eigenvalue weighted by Gasteiger charge is -2.09. The maximum absolute atomic E-state index is 12.5. The van der Waals surface area contributed by atoms with Gasteiger partial charge in [-0.3, -0.25) is 4.79 Å². The molecular weight excluding hydrogens is 382 g/mol. The van der Waals surface area contributed by atoms with Crippen molar-refractivity contribution < 1.29 is 9.53 Å². The van der Waals surface area contributed by atoms with Crippen LogP contribution in [0, 0.1) is 0 Å². The Morgan fingerprint density at radius 2 is 1.90 bits per heavy atom. The second-order valence-corrected chi connectivity index (χ2v) is 8.41. The van der Waals surface area contributed by atoms with Crippen LogP contribution in [0.25, 0.3) is 21.0 Å². The first-order chi connectivity index (χ1) is 14.3. The van der Waals surface area contributed by atoms with E-state index in [1.807, 2.05) is 42.5 Å². The van der Waals surface area contributed by atoms with E-state index in [0.717, 1.165) is 39.5 Å². The summed E-state index contributed by atoms with van der Waals surface area (Å²) >= 11 is 1.73. The maximum atomic E-state index is 12.5. The molecule has 0 bridgehead atoms. The minimum atomic E-state index is -0.201. The molecule has 0 unspecified atom stereocenters. The van der Waals surface area contributed by atoms with Gasteiger partial charge in [-0.05, 0) is 54.2 Å². The number of hydrogen-bond acceptors (Lipinski definition) is 5. The topological polar surface area (TPSA) is 64.1 Å². The highest BCUT2D eigenvalue weighted by molar-refractivity contribution is 7.18. The highest BCUT2D eigenvalue weighted by atomic mass is 32.1. The third-order valence-corrected chi connectivity index (χ3v) is 6.54. The largest absolute Gasteiger partial charge is 0.467 e. The molecule has 5 rings (SSSR count). The first kappa shape index (κ1) is 18.1. The van der Waals surface area contributed by atoms with Crippen molar-refractivity contribution in [2.45, 2.75) is 32.1 Å². The summed E-state index contributed by atoms with van der Waals surface area (Å²) in [7, 11) is 0. The number of ether oxygens (including phenoxy) is 1. The molecule has 2 aromatic carbocycles. The van der Waals surface area contributed by atoms with E-state index < -0.39 is 0 Å². The number of benzene rings is 2. The number of carbonyl (C=O) groups excluding carboxylic acids is 1. The van der Waals surface area contributed by atoms with Crippen LogP contribution in [-0.4, -0.2) is 22.5 Å². The van der Waals surface area contributed by atoms with Gasteiger partial charge in [-0.15, -0.1) is 11.3 Å². The number of amides is 1. The first-order valence-electron chi connectivity index (χ1n) is 9.94. The second kappa shape index (κ2) is 7.79. The summed E-state index contributed by atoms with van der Waals surface area (Å²) in [4.78, 5) is 23.6. The standard InChI is InChI=1S/C23H21N3O2S/c27-20(26-17-11-10-15-6-4-5-7-16(15)12-17)13-28-22-21-18-8-2-1-3-9-19(18)29-23(21)25-14-24-22/h4-7,10-12,14H,1-3,8-9,13H2,(H,26,27). The summed E-state index contributed by atoms with van der Waals surface area (Å²) in [6.45, 7) is -0.0798. The summed E-state index contributed by atoms with van der Waals surface area (Å²) < 4.78 is 5.85. The lowest BCUT2D eigenvalue weighted by atomic mass is 10.1. The Morgan fingerprint density at radius 3 is 2.83 bits per heavy atom. The van der Waals surface area contributed by atoms with Crippen LogP contribution in [0.5, 0.6) is 5.88 Å². The van der Waals surface area contributed by atoms with Crippen LogP contribution in [0.3, 0.4) is 0 Å². The number of aryl methyl sites for hydroxylation is 2. The molecule has 0 fully saturated rings.